The number of carbonyl (C=O) groups is 2. The van der Waals surface area contributed by atoms with Gasteiger partial charge in [-0.2, -0.15) is 0 Å². The number of hydrogen-bond acceptors (Lipinski definition) is 5. The molecule has 2 aromatic carbocycles. The van der Waals surface area contributed by atoms with E-state index in [1.165, 1.54) is 35.1 Å². The van der Waals surface area contributed by atoms with E-state index in [4.69, 9.17) is 9.47 Å². The zero-order valence-corrected chi connectivity index (χ0v) is 20.7. The Morgan fingerprint density at radius 1 is 1.17 bits per heavy atom. The number of nitrogens with zero attached hydrogens (tertiary/aromatic N) is 2. The van der Waals surface area contributed by atoms with Gasteiger partial charge in [-0.1, -0.05) is 24.3 Å². The van der Waals surface area contributed by atoms with Crippen molar-refractivity contribution in [3.8, 4) is 5.75 Å². The first-order valence-electron chi connectivity index (χ1n) is 11.6. The first-order chi connectivity index (χ1) is 17.0. The smallest absolute Gasteiger partial charge is 0.254 e. The van der Waals surface area contributed by atoms with Crippen LogP contribution >= 0.6 is 11.3 Å². The average molecular weight is 497 g/mol. The van der Waals surface area contributed by atoms with E-state index in [9.17, 15) is 14.0 Å². The molecule has 4 rings (SSSR count). The topological polar surface area (TPSA) is 59.1 Å². The fourth-order valence-corrected chi connectivity index (χ4v) is 5.20. The highest BCUT2D eigenvalue weighted by molar-refractivity contribution is 7.10. The number of methoxy groups -OCH3 is 1. The molecule has 0 saturated heterocycles. The summed E-state index contributed by atoms with van der Waals surface area (Å²) >= 11 is 1.69. The lowest BCUT2D eigenvalue weighted by atomic mass is 10.00. The molecule has 0 radical (unpaired) electrons. The van der Waals surface area contributed by atoms with Gasteiger partial charge in [-0.05, 0) is 60.2 Å². The molecule has 8 heteroatoms. The standard InChI is InChI=1S/C27H29FN2O4S/c1-19-6-3-4-9-24(19)34-18-23-22-11-15-35-25(22)10-12-30(23)26(31)17-29(13-14-33-2)27(32)20-7-5-8-21(28)16-20/h3-9,11,15-16,23H,10,12-14,17-18H2,1-2H3. The Morgan fingerprint density at radius 3 is 2.77 bits per heavy atom. The number of rotatable bonds is 9. The first kappa shape index (κ1) is 24.9. The monoisotopic (exact) mass is 496 g/mol. The quantitative estimate of drug-likeness (QED) is 0.438. The van der Waals surface area contributed by atoms with Crippen LogP contribution in [-0.4, -0.2) is 61.6 Å². The van der Waals surface area contributed by atoms with Crippen LogP contribution in [0.2, 0.25) is 0 Å². The Kier molecular flexibility index (Phi) is 8.15. The Balaban J connectivity index is 1.53. The summed E-state index contributed by atoms with van der Waals surface area (Å²) in [7, 11) is 1.54. The van der Waals surface area contributed by atoms with Crippen molar-refractivity contribution in [1.82, 2.24) is 9.80 Å². The summed E-state index contributed by atoms with van der Waals surface area (Å²) in [5.41, 5.74) is 2.31. The van der Waals surface area contributed by atoms with Gasteiger partial charge in [0.2, 0.25) is 5.91 Å². The molecule has 0 aliphatic carbocycles. The fraction of sp³-hybridized carbons (Fsp3) is 0.333. The lowest BCUT2D eigenvalue weighted by Gasteiger charge is -2.37. The molecule has 0 spiro atoms. The van der Waals surface area contributed by atoms with Crippen LogP contribution in [0.25, 0.3) is 0 Å². The predicted octanol–water partition coefficient (Wildman–Crippen LogP) is 4.49. The Hall–Kier alpha value is -3.23. The molecular formula is C27H29FN2O4S. The van der Waals surface area contributed by atoms with Gasteiger partial charge in [0.05, 0.1) is 12.6 Å². The average Bonchev–Trinajstić information content (AvgIpc) is 3.34. The van der Waals surface area contributed by atoms with Gasteiger partial charge in [0.1, 0.15) is 24.7 Å². The summed E-state index contributed by atoms with van der Waals surface area (Å²) in [4.78, 5) is 31.1. The molecule has 0 bridgehead atoms. The van der Waals surface area contributed by atoms with E-state index in [0.29, 0.717) is 13.2 Å². The molecule has 0 saturated carbocycles. The maximum absolute atomic E-state index is 13.7. The first-order valence-corrected chi connectivity index (χ1v) is 12.4. The minimum atomic E-state index is -0.497. The molecule has 35 heavy (non-hydrogen) atoms. The maximum Gasteiger partial charge on any atom is 0.254 e. The van der Waals surface area contributed by atoms with Gasteiger partial charge in [0.25, 0.3) is 5.91 Å². The number of fused-ring (bicyclic) bond motifs is 1. The van der Waals surface area contributed by atoms with E-state index >= 15 is 0 Å². The molecule has 2 heterocycles. The van der Waals surface area contributed by atoms with Crippen LogP contribution < -0.4 is 4.74 Å². The molecular weight excluding hydrogens is 467 g/mol. The Labute approximate surface area is 208 Å². The number of halogens is 1. The number of benzene rings is 2. The highest BCUT2D eigenvalue weighted by Crippen LogP contribution is 2.34. The summed E-state index contributed by atoms with van der Waals surface area (Å²) in [5, 5.41) is 2.04. The highest BCUT2D eigenvalue weighted by Gasteiger charge is 2.33. The van der Waals surface area contributed by atoms with Gasteiger partial charge >= 0.3 is 0 Å². The minimum Gasteiger partial charge on any atom is -0.491 e. The van der Waals surface area contributed by atoms with Gasteiger partial charge in [-0.25, -0.2) is 4.39 Å². The second-order valence-electron chi connectivity index (χ2n) is 8.46. The third-order valence-electron chi connectivity index (χ3n) is 6.16. The lowest BCUT2D eigenvalue weighted by molar-refractivity contribution is -0.135. The number of ether oxygens (including phenoxy) is 2. The van der Waals surface area contributed by atoms with E-state index in [1.807, 2.05) is 42.6 Å². The molecule has 6 nitrogen and oxygen atoms in total. The molecule has 0 fully saturated rings. The maximum atomic E-state index is 13.7. The minimum absolute atomic E-state index is 0.126. The number of carbonyl (C=O) groups excluding carboxylic acids is 2. The van der Waals surface area contributed by atoms with Gasteiger partial charge in [-0.3, -0.25) is 9.59 Å². The van der Waals surface area contributed by atoms with Crippen LogP contribution in [-0.2, 0) is 16.0 Å². The van der Waals surface area contributed by atoms with Crippen molar-refractivity contribution in [3.63, 3.8) is 0 Å². The highest BCUT2D eigenvalue weighted by atomic mass is 32.1. The van der Waals surface area contributed by atoms with Crippen LogP contribution in [0, 0.1) is 12.7 Å². The number of amides is 2. The molecule has 2 amide bonds. The third-order valence-corrected chi connectivity index (χ3v) is 7.15. The van der Waals surface area contributed by atoms with Crippen molar-refractivity contribution in [2.45, 2.75) is 19.4 Å². The van der Waals surface area contributed by atoms with Crippen LogP contribution in [0.5, 0.6) is 5.75 Å². The molecule has 1 aliphatic rings. The van der Waals surface area contributed by atoms with Crippen molar-refractivity contribution in [2.24, 2.45) is 0 Å². The van der Waals surface area contributed by atoms with Crippen LogP contribution in [0.3, 0.4) is 0 Å². The molecule has 1 unspecified atom stereocenters. The van der Waals surface area contributed by atoms with Crippen molar-refractivity contribution in [2.75, 3.05) is 40.0 Å². The zero-order chi connectivity index (χ0) is 24.8. The summed E-state index contributed by atoms with van der Waals surface area (Å²) in [5.74, 6) is -0.300. The number of thiophene rings is 1. The molecule has 184 valence electrons. The summed E-state index contributed by atoms with van der Waals surface area (Å²) in [6.07, 6.45) is 0.759. The van der Waals surface area contributed by atoms with E-state index in [1.54, 1.807) is 22.3 Å². The lowest BCUT2D eigenvalue weighted by Crippen LogP contribution is -2.48. The second kappa shape index (κ2) is 11.5. The number of aryl methyl sites for hydroxylation is 1. The van der Waals surface area contributed by atoms with Crippen molar-refractivity contribution in [3.05, 3.63) is 87.4 Å². The summed E-state index contributed by atoms with van der Waals surface area (Å²) < 4.78 is 25.0. The van der Waals surface area contributed by atoms with Gasteiger partial charge in [0, 0.05) is 30.6 Å². The summed E-state index contributed by atoms with van der Waals surface area (Å²) in [6.45, 7) is 3.21. The third kappa shape index (κ3) is 5.89. The van der Waals surface area contributed by atoms with E-state index in [0.717, 1.165) is 23.3 Å². The van der Waals surface area contributed by atoms with Gasteiger partial charge in [0.15, 0.2) is 0 Å². The Morgan fingerprint density at radius 2 is 2.00 bits per heavy atom. The van der Waals surface area contributed by atoms with Crippen LogP contribution in [0.4, 0.5) is 4.39 Å². The fourth-order valence-electron chi connectivity index (χ4n) is 4.27. The Bertz CT molecular complexity index is 1180. The predicted molar refractivity (Wildman–Crippen MR) is 133 cm³/mol. The summed E-state index contributed by atoms with van der Waals surface area (Å²) in [6, 6.07) is 15.1. The van der Waals surface area contributed by atoms with Crippen LogP contribution in [0.15, 0.2) is 60.0 Å². The van der Waals surface area contributed by atoms with Crippen molar-refractivity contribution < 1.29 is 23.5 Å². The molecule has 1 atom stereocenters. The largest absolute Gasteiger partial charge is 0.491 e. The molecule has 1 aromatic heterocycles. The van der Waals surface area contributed by atoms with Crippen molar-refractivity contribution >= 4 is 23.2 Å². The normalized spacial score (nSPS) is 14.9. The molecule has 3 aromatic rings. The zero-order valence-electron chi connectivity index (χ0n) is 19.9. The van der Waals surface area contributed by atoms with Gasteiger partial charge < -0.3 is 19.3 Å². The van der Waals surface area contributed by atoms with Crippen LogP contribution in [0.1, 0.15) is 32.4 Å². The second-order valence-corrected chi connectivity index (χ2v) is 9.46. The number of hydrogen-bond donors (Lipinski definition) is 0. The number of para-hydroxylation sites is 1. The van der Waals surface area contributed by atoms with Crippen molar-refractivity contribution in [1.29, 1.82) is 0 Å². The molecule has 0 N–H and O–H groups in total. The molecule has 1 aliphatic heterocycles. The SMILES string of the molecule is COCCN(CC(=O)N1CCc2sccc2C1COc1ccccc1C)C(=O)c1cccc(F)c1. The van der Waals surface area contributed by atoms with E-state index in [-0.39, 0.29) is 37.2 Å². The van der Waals surface area contributed by atoms with E-state index in [2.05, 4.69) is 0 Å². The van der Waals surface area contributed by atoms with Gasteiger partial charge in [-0.15, -0.1) is 11.3 Å². The van der Waals surface area contributed by atoms with E-state index < -0.39 is 11.7 Å².